The molecular formula is C104H112Cl3F2N9O17. The first kappa shape index (κ1) is 96.6. The SMILES string of the molecule is COc1cc2c(Oc3ccc(CC(=O)CCC4CCC4)c(Cl)c3)ncnc2cc1OCCCN1CCC2(CC1)COC2.COc1cc2c(Oc3ccc(CC(=O)Cc4cc(C)ccc4F)c(Cl)c3)ncnc2cc1OCCC(=O)N1CCC2(CC1)COC2.COc1cc2c(Oc3ccc(CC(=O)Cc4cc(C)ccc4F)c(Cl)c3)ncnc2cc1OCCCC(=O)N1CCC2(CC1)COC2. The Morgan fingerprint density at radius 3 is 1.13 bits per heavy atom. The number of nitrogens with zero attached hydrogens (tertiary/aromatic N) is 9. The Kier molecular flexibility index (Phi) is 31.9. The highest BCUT2D eigenvalue weighted by molar-refractivity contribution is 6.32. The average Bonchev–Trinajstić information content (AvgIpc) is 0.790. The normalized spacial score (nSPS) is 16.3. The van der Waals surface area contributed by atoms with E-state index >= 15 is 0 Å². The van der Waals surface area contributed by atoms with Crippen molar-refractivity contribution in [3.05, 3.63) is 212 Å². The van der Waals surface area contributed by atoms with Gasteiger partial charge in [0.15, 0.2) is 34.5 Å². The average molecular weight is 1900 g/mol. The molecule has 26 nitrogen and oxygen atoms in total. The molecule has 710 valence electrons. The molecule has 135 heavy (non-hydrogen) atoms. The van der Waals surface area contributed by atoms with Crippen molar-refractivity contribution in [2.24, 2.45) is 22.2 Å². The minimum absolute atomic E-state index is 0.0176. The Morgan fingerprint density at radius 2 is 0.763 bits per heavy atom. The highest BCUT2D eigenvalue weighted by Gasteiger charge is 2.44. The Hall–Kier alpha value is -11.5. The summed E-state index contributed by atoms with van der Waals surface area (Å²) in [6.07, 6.45) is 18.7. The van der Waals surface area contributed by atoms with E-state index in [0.29, 0.717) is 177 Å². The van der Waals surface area contributed by atoms with Crippen LogP contribution in [0.1, 0.15) is 135 Å². The Balaban J connectivity index is 0.000000147. The smallest absolute Gasteiger partial charge is 0.230 e. The van der Waals surface area contributed by atoms with Crippen LogP contribution in [0.5, 0.6) is 69.4 Å². The fourth-order valence-corrected chi connectivity index (χ4v) is 18.7. The van der Waals surface area contributed by atoms with Crippen molar-refractivity contribution < 1.29 is 89.6 Å². The maximum absolute atomic E-state index is 14.1. The molecule has 0 bridgehead atoms. The van der Waals surface area contributed by atoms with E-state index in [2.05, 4.69) is 34.8 Å². The van der Waals surface area contributed by atoms with E-state index in [1.165, 1.54) is 70.3 Å². The zero-order chi connectivity index (χ0) is 94.2. The number of hydrogen-bond donors (Lipinski definition) is 0. The molecule has 2 amide bonds. The second kappa shape index (κ2) is 44.5. The summed E-state index contributed by atoms with van der Waals surface area (Å²) in [6, 6.07) is 35.6. The summed E-state index contributed by atoms with van der Waals surface area (Å²) in [5.41, 5.74) is 7.42. The number of methoxy groups -OCH3 is 3. The molecule has 6 aliphatic heterocycles. The van der Waals surface area contributed by atoms with Crippen molar-refractivity contribution in [2.45, 2.75) is 142 Å². The third kappa shape index (κ3) is 24.7. The lowest BCUT2D eigenvalue weighted by Gasteiger charge is -2.47. The molecule has 7 aliphatic rings. The molecule has 3 aromatic heterocycles. The number of aromatic nitrogens is 6. The summed E-state index contributed by atoms with van der Waals surface area (Å²) >= 11 is 19.6. The van der Waals surface area contributed by atoms with E-state index < -0.39 is 11.6 Å². The topological polar surface area (TPSA) is 283 Å². The molecule has 6 saturated heterocycles. The van der Waals surface area contributed by atoms with Crippen molar-refractivity contribution in [1.82, 2.24) is 44.6 Å². The maximum atomic E-state index is 14.1. The van der Waals surface area contributed by atoms with Crippen LogP contribution in [0.2, 0.25) is 15.1 Å². The van der Waals surface area contributed by atoms with Gasteiger partial charge in [-0.1, -0.05) is 108 Å². The first-order chi connectivity index (χ1) is 65.4. The number of halogens is 5. The quantitative estimate of drug-likeness (QED) is 0.0330. The van der Waals surface area contributed by atoms with Gasteiger partial charge < -0.3 is 71.5 Å². The minimum Gasteiger partial charge on any atom is -0.493 e. The Morgan fingerprint density at radius 1 is 0.400 bits per heavy atom. The van der Waals surface area contributed by atoms with Gasteiger partial charge in [0.25, 0.3) is 0 Å². The lowest BCUT2D eigenvalue weighted by molar-refractivity contribution is -0.153. The predicted molar refractivity (Wildman–Crippen MR) is 507 cm³/mol. The lowest BCUT2D eigenvalue weighted by Crippen LogP contribution is -2.52. The van der Waals surface area contributed by atoms with E-state index in [1.807, 2.05) is 47.9 Å². The zero-order valence-electron chi connectivity index (χ0n) is 76.7. The summed E-state index contributed by atoms with van der Waals surface area (Å²) in [4.78, 5) is 96.0. The first-order valence-corrected chi connectivity index (χ1v) is 47.4. The third-order valence-corrected chi connectivity index (χ3v) is 27.8. The molecule has 0 unspecified atom stereocenters. The number of rotatable bonds is 36. The first-order valence-electron chi connectivity index (χ1n) is 46.3. The van der Waals surface area contributed by atoms with Crippen molar-refractivity contribution in [3.8, 4) is 69.4 Å². The van der Waals surface area contributed by atoms with E-state index in [1.54, 1.807) is 105 Å². The van der Waals surface area contributed by atoms with Gasteiger partial charge in [0, 0.05) is 127 Å². The molecular weight excluding hydrogens is 1790 g/mol. The molecule has 0 atom stereocenters. The van der Waals surface area contributed by atoms with Crippen LogP contribution in [0.25, 0.3) is 32.7 Å². The summed E-state index contributed by atoms with van der Waals surface area (Å²) in [7, 11) is 4.70. The predicted octanol–water partition coefficient (Wildman–Crippen LogP) is 19.6. The van der Waals surface area contributed by atoms with Crippen molar-refractivity contribution in [2.75, 3.05) is 127 Å². The van der Waals surface area contributed by atoms with Crippen molar-refractivity contribution in [1.29, 1.82) is 0 Å². The van der Waals surface area contributed by atoms with Gasteiger partial charge in [-0.25, -0.2) is 38.7 Å². The van der Waals surface area contributed by atoms with Gasteiger partial charge in [-0.2, -0.15) is 0 Å². The number of ether oxygens (including phenoxy) is 12. The number of likely N-dealkylation sites (tertiary alicyclic amines) is 3. The lowest BCUT2D eigenvalue weighted by atomic mass is 9.77. The van der Waals surface area contributed by atoms with Gasteiger partial charge in [-0.15, -0.1) is 0 Å². The molecule has 9 heterocycles. The Labute approximate surface area is 798 Å². The molecule has 1 saturated carbocycles. The molecule has 3 spiro atoms. The third-order valence-electron chi connectivity index (χ3n) is 26.7. The van der Waals surface area contributed by atoms with Gasteiger partial charge in [-0.3, -0.25) is 24.0 Å². The highest BCUT2D eigenvalue weighted by atomic mass is 35.5. The van der Waals surface area contributed by atoms with E-state index in [-0.39, 0.29) is 85.1 Å². The van der Waals surface area contributed by atoms with Crippen LogP contribution >= 0.6 is 34.8 Å². The number of Topliss-reactive ketones (excluding diaryl/α,β-unsaturated/α-hetero) is 3. The van der Waals surface area contributed by atoms with E-state index in [0.717, 1.165) is 147 Å². The summed E-state index contributed by atoms with van der Waals surface area (Å²) in [5, 5.41) is 3.09. The van der Waals surface area contributed by atoms with Crippen LogP contribution in [0, 0.1) is 47.6 Å². The maximum Gasteiger partial charge on any atom is 0.230 e. The van der Waals surface area contributed by atoms with Crippen LogP contribution in [-0.4, -0.2) is 200 Å². The standard InChI is InChI=1S/C36H37ClFN3O6.C35H35ClFN3O6.C33H40ClN3O5/c1-23-5-8-30(38)25(14-23)16-26(42)15-24-6-7-27(17-29(24)37)47-35-28-18-32(44-2)33(19-31(28)39-22-40-35)46-13-3-4-34(43)41-11-9-36(10-12-41)20-45-21-36;1-22-3-6-29(37)24(13-22)15-25(41)14-23-4-5-26(16-28(23)36)46-34-27-17-31(43-2)32(18-30(27)38-21-39-34)45-12-7-33(42)40-10-8-35(9-11-40)19-44-20-35;1-39-30-18-27-29(19-31(30)41-15-3-12-37-13-10-33(11-14-37)20-40-21-33)35-22-36-32(27)42-26-9-7-24(28(34)17-26)16-25(38)8-6-23-4-2-5-23/h5-8,14,17-19,22H,3-4,9-13,15-16,20-21H2,1-2H3;3-6,13,16-18,21H,7-12,14-15,19-20H2,1-2H3;7,9,17-19,22-23H,2-6,8,10-16,20-21H2,1H3. The van der Waals surface area contributed by atoms with Crippen LogP contribution in [0.3, 0.4) is 0 Å². The van der Waals surface area contributed by atoms with Gasteiger partial charge in [0.1, 0.15) is 65.2 Å². The number of aryl methyl sites for hydroxylation is 2. The van der Waals surface area contributed by atoms with Gasteiger partial charge in [0.05, 0.1) is 120 Å². The van der Waals surface area contributed by atoms with Crippen LogP contribution in [0.4, 0.5) is 8.78 Å². The summed E-state index contributed by atoms with van der Waals surface area (Å²) in [5.74, 6) is 5.54. The molecule has 31 heteroatoms. The van der Waals surface area contributed by atoms with Gasteiger partial charge in [0.2, 0.25) is 29.5 Å². The number of amides is 2. The minimum atomic E-state index is -0.401. The van der Waals surface area contributed by atoms with Gasteiger partial charge >= 0.3 is 0 Å². The number of carbonyl (C=O) groups excluding carboxylic acids is 5. The fraction of sp³-hybridized carbons (Fsp3) is 0.433. The van der Waals surface area contributed by atoms with E-state index in [4.69, 9.17) is 91.6 Å². The summed E-state index contributed by atoms with van der Waals surface area (Å²) < 4.78 is 97.7. The summed E-state index contributed by atoms with van der Waals surface area (Å²) in [6.45, 7) is 16.3. The molecule has 1 aliphatic carbocycles. The molecule has 18 rings (SSSR count). The number of piperidine rings is 3. The zero-order valence-corrected chi connectivity index (χ0v) is 79.0. The van der Waals surface area contributed by atoms with E-state index in [9.17, 15) is 32.8 Å². The number of ketones is 3. The van der Waals surface area contributed by atoms with Crippen molar-refractivity contribution >= 4 is 96.7 Å². The van der Waals surface area contributed by atoms with Gasteiger partial charge in [-0.05, 0) is 185 Å². The fourth-order valence-electron chi connectivity index (χ4n) is 18.0. The molecule has 11 aromatic rings. The number of benzene rings is 8. The van der Waals surface area contributed by atoms with Crippen LogP contribution in [-0.2, 0) is 70.3 Å². The number of carbonyl (C=O) groups is 5. The highest BCUT2D eigenvalue weighted by Crippen LogP contribution is 2.45. The number of fused-ring (bicyclic) bond motifs is 3. The molecule has 8 aromatic carbocycles. The largest absolute Gasteiger partial charge is 0.493 e. The van der Waals surface area contributed by atoms with Crippen LogP contribution in [0.15, 0.2) is 146 Å². The Bertz CT molecular complexity index is 6110. The molecule has 0 N–H and O–H groups in total. The molecule has 0 radical (unpaired) electrons. The second-order valence-corrected chi connectivity index (χ2v) is 37.7. The van der Waals surface area contributed by atoms with Crippen LogP contribution < -0.4 is 42.6 Å². The van der Waals surface area contributed by atoms with Crippen molar-refractivity contribution in [3.63, 3.8) is 0 Å². The second-order valence-electron chi connectivity index (χ2n) is 36.5. The monoisotopic (exact) mass is 1900 g/mol. The molecule has 7 fully saturated rings. The number of hydrogen-bond acceptors (Lipinski definition) is 24.